The molecule has 2 atom stereocenters. The van der Waals surface area contributed by atoms with E-state index in [4.69, 9.17) is 4.74 Å². The van der Waals surface area contributed by atoms with Crippen molar-refractivity contribution in [1.29, 1.82) is 5.26 Å². The number of nitrogens with one attached hydrogen (secondary N) is 1. The van der Waals surface area contributed by atoms with Crippen molar-refractivity contribution in [3.8, 4) is 6.07 Å². The van der Waals surface area contributed by atoms with Crippen molar-refractivity contribution in [2.75, 3.05) is 19.7 Å². The maximum absolute atomic E-state index is 9.27. The van der Waals surface area contributed by atoms with E-state index in [0.717, 1.165) is 18.1 Å². The molecule has 2 heterocycles. The van der Waals surface area contributed by atoms with Gasteiger partial charge in [0, 0.05) is 19.3 Å². The van der Waals surface area contributed by atoms with E-state index < -0.39 is 0 Å². The first-order valence-corrected chi connectivity index (χ1v) is 8.15. The minimum Gasteiger partial charge on any atom is -0.374 e. The van der Waals surface area contributed by atoms with Crippen molar-refractivity contribution >= 4 is 11.8 Å². The molecule has 0 unspecified atom stereocenters. The monoisotopic (exact) mass is 311 g/mol. The third-order valence-electron chi connectivity index (χ3n) is 3.55. The smallest absolute Gasteiger partial charge is 0.114 e. The van der Waals surface area contributed by atoms with Gasteiger partial charge in [0.15, 0.2) is 0 Å². The summed E-state index contributed by atoms with van der Waals surface area (Å²) in [6.45, 7) is 2.40. The van der Waals surface area contributed by atoms with E-state index in [0.29, 0.717) is 12.2 Å². The summed E-state index contributed by atoms with van der Waals surface area (Å²) in [5.41, 5.74) is 1.80. The van der Waals surface area contributed by atoms with Gasteiger partial charge in [0.1, 0.15) is 11.1 Å². The van der Waals surface area contributed by atoms with Crippen LogP contribution in [0.15, 0.2) is 53.7 Å². The number of benzene rings is 1. The van der Waals surface area contributed by atoms with Crippen LogP contribution in [0, 0.1) is 11.3 Å². The van der Waals surface area contributed by atoms with Crippen molar-refractivity contribution in [2.24, 2.45) is 0 Å². The Hall–Kier alpha value is -1.87. The predicted octanol–water partition coefficient (Wildman–Crippen LogP) is 2.78. The number of nitriles is 1. The number of hydrogen-bond donors (Lipinski definition) is 1. The zero-order chi connectivity index (χ0) is 15.2. The topological polar surface area (TPSA) is 57.9 Å². The molecule has 0 radical (unpaired) electrons. The summed E-state index contributed by atoms with van der Waals surface area (Å²) in [5, 5.41) is 13.5. The third-order valence-corrected chi connectivity index (χ3v) is 4.93. The highest BCUT2D eigenvalue weighted by Crippen LogP contribution is 2.39. The molecule has 5 heteroatoms. The van der Waals surface area contributed by atoms with Crippen LogP contribution in [0.5, 0.6) is 0 Å². The van der Waals surface area contributed by atoms with Crippen molar-refractivity contribution in [3.05, 3.63) is 59.8 Å². The van der Waals surface area contributed by atoms with Gasteiger partial charge in [-0.15, -0.1) is 0 Å². The van der Waals surface area contributed by atoms with Gasteiger partial charge < -0.3 is 10.1 Å². The number of ether oxygens (including phenoxy) is 1. The molecule has 3 rings (SSSR count). The highest BCUT2D eigenvalue weighted by molar-refractivity contribution is 7.99. The number of morpholine rings is 1. The lowest BCUT2D eigenvalue weighted by atomic mass is 10.1. The van der Waals surface area contributed by atoms with E-state index in [1.807, 2.05) is 18.2 Å². The maximum atomic E-state index is 9.27. The van der Waals surface area contributed by atoms with Crippen molar-refractivity contribution < 1.29 is 4.74 Å². The first-order chi connectivity index (χ1) is 10.9. The van der Waals surface area contributed by atoms with E-state index in [-0.39, 0.29) is 11.4 Å². The van der Waals surface area contributed by atoms with Gasteiger partial charge >= 0.3 is 0 Å². The molecule has 4 nitrogen and oxygen atoms in total. The molecule has 0 aliphatic carbocycles. The second kappa shape index (κ2) is 7.41. The summed E-state index contributed by atoms with van der Waals surface area (Å²) in [4.78, 5) is 4.37. The molecule has 22 heavy (non-hydrogen) atoms. The summed E-state index contributed by atoms with van der Waals surface area (Å²) < 4.78 is 5.95. The maximum Gasteiger partial charge on any atom is 0.114 e. The number of nitrogens with zero attached hydrogens (tertiary/aromatic N) is 2. The summed E-state index contributed by atoms with van der Waals surface area (Å²) in [6, 6.07) is 16.1. The van der Waals surface area contributed by atoms with Gasteiger partial charge in [-0.3, -0.25) is 0 Å². The van der Waals surface area contributed by atoms with Crippen LogP contribution in [0.2, 0.25) is 0 Å². The van der Waals surface area contributed by atoms with Crippen LogP contribution in [-0.2, 0) is 4.74 Å². The zero-order valence-electron chi connectivity index (χ0n) is 12.1. The van der Waals surface area contributed by atoms with E-state index in [1.165, 1.54) is 5.56 Å². The highest BCUT2D eigenvalue weighted by atomic mass is 32.2. The summed E-state index contributed by atoms with van der Waals surface area (Å²) in [6.07, 6.45) is 1.79. The van der Waals surface area contributed by atoms with Crippen LogP contribution < -0.4 is 5.32 Å². The lowest BCUT2D eigenvalue weighted by molar-refractivity contribution is 0.0273. The fourth-order valence-electron chi connectivity index (χ4n) is 2.47. The molecule has 0 amide bonds. The Morgan fingerprint density at radius 3 is 2.86 bits per heavy atom. The molecule has 112 valence electrons. The Labute approximate surface area is 134 Å². The van der Waals surface area contributed by atoms with Gasteiger partial charge in [0.2, 0.25) is 0 Å². The fraction of sp³-hybridized carbons (Fsp3) is 0.294. The van der Waals surface area contributed by atoms with E-state index in [2.05, 4.69) is 28.5 Å². The lowest BCUT2D eigenvalue weighted by Gasteiger charge is -2.30. The van der Waals surface area contributed by atoms with Gasteiger partial charge in [-0.2, -0.15) is 5.26 Å². The molecule has 0 spiro atoms. The molecule has 1 aromatic carbocycles. The molecule has 0 bridgehead atoms. The number of rotatable bonds is 4. The minimum atomic E-state index is 0.0645. The van der Waals surface area contributed by atoms with E-state index >= 15 is 0 Å². The Balaban J connectivity index is 1.90. The van der Waals surface area contributed by atoms with E-state index in [9.17, 15) is 5.26 Å². The van der Waals surface area contributed by atoms with Crippen LogP contribution in [0.1, 0.15) is 16.4 Å². The Bertz CT molecular complexity index is 650. The highest BCUT2D eigenvalue weighted by Gasteiger charge is 2.28. The number of hydrogen-bond acceptors (Lipinski definition) is 5. The van der Waals surface area contributed by atoms with Gasteiger partial charge in [-0.1, -0.05) is 42.1 Å². The number of aromatic nitrogens is 1. The largest absolute Gasteiger partial charge is 0.374 e. The average Bonchev–Trinajstić information content (AvgIpc) is 2.61. The Kier molecular flexibility index (Phi) is 5.07. The van der Waals surface area contributed by atoms with Crippen molar-refractivity contribution in [2.45, 2.75) is 16.4 Å². The first kappa shape index (κ1) is 15.0. The van der Waals surface area contributed by atoms with Crippen LogP contribution in [0.25, 0.3) is 0 Å². The van der Waals surface area contributed by atoms with E-state index in [1.54, 1.807) is 30.1 Å². The summed E-state index contributed by atoms with van der Waals surface area (Å²) in [5.74, 6) is 0. The zero-order valence-corrected chi connectivity index (χ0v) is 12.9. The van der Waals surface area contributed by atoms with Gasteiger partial charge in [-0.25, -0.2) is 4.98 Å². The van der Waals surface area contributed by atoms with Crippen LogP contribution >= 0.6 is 11.8 Å². The van der Waals surface area contributed by atoms with Crippen LogP contribution in [0.3, 0.4) is 0 Å². The van der Waals surface area contributed by atoms with Crippen LogP contribution in [0.4, 0.5) is 0 Å². The third kappa shape index (κ3) is 3.47. The normalized spacial score (nSPS) is 19.3. The molecule has 1 N–H and O–H groups in total. The number of pyridine rings is 1. The average molecular weight is 311 g/mol. The molecule has 1 fully saturated rings. The molecule has 0 saturated carbocycles. The summed E-state index contributed by atoms with van der Waals surface area (Å²) in [7, 11) is 0. The molecule has 1 aliphatic heterocycles. The van der Waals surface area contributed by atoms with Gasteiger partial charge in [0.05, 0.1) is 23.5 Å². The van der Waals surface area contributed by atoms with Gasteiger partial charge in [0.25, 0.3) is 0 Å². The predicted molar refractivity (Wildman–Crippen MR) is 86.6 cm³/mol. The molecule has 2 aromatic rings. The lowest BCUT2D eigenvalue weighted by Crippen LogP contribution is -2.41. The number of thioether (sulfide) groups is 1. The second-order valence-electron chi connectivity index (χ2n) is 5.03. The Morgan fingerprint density at radius 1 is 1.27 bits per heavy atom. The standard InChI is InChI=1S/C17H17N3OS/c18-11-14-7-4-8-20-17(14)22-16(13-5-2-1-3-6-13)15-12-19-9-10-21-15/h1-8,15-16,19H,9-10,12H2/t15-,16-/m0/s1. The molecule has 1 aliphatic rings. The SMILES string of the molecule is N#Cc1cccnc1S[C@@H](c1ccccc1)[C@@H]1CNCCO1. The molecule has 1 aromatic heterocycles. The quantitative estimate of drug-likeness (QED) is 0.880. The minimum absolute atomic E-state index is 0.0645. The fourth-order valence-corrected chi connectivity index (χ4v) is 3.69. The molecule has 1 saturated heterocycles. The van der Waals surface area contributed by atoms with Crippen molar-refractivity contribution in [1.82, 2.24) is 10.3 Å². The second-order valence-corrected chi connectivity index (χ2v) is 6.16. The Morgan fingerprint density at radius 2 is 2.14 bits per heavy atom. The summed E-state index contributed by atoms with van der Waals surface area (Å²) >= 11 is 1.60. The van der Waals surface area contributed by atoms with Crippen molar-refractivity contribution in [3.63, 3.8) is 0 Å². The molecular weight excluding hydrogens is 294 g/mol. The first-order valence-electron chi connectivity index (χ1n) is 7.27. The molecular formula is C17H17N3OS. The van der Waals surface area contributed by atoms with Gasteiger partial charge in [-0.05, 0) is 17.7 Å². The van der Waals surface area contributed by atoms with Crippen LogP contribution in [-0.4, -0.2) is 30.8 Å².